The van der Waals surface area contributed by atoms with Crippen LogP contribution in [0.5, 0.6) is 0 Å². The Morgan fingerprint density at radius 3 is 2.62 bits per heavy atom. The predicted molar refractivity (Wildman–Crippen MR) is 150 cm³/mol. The first-order chi connectivity index (χ1) is 17.9. The number of hydrogen-bond acceptors (Lipinski definition) is 3. The molecule has 1 amide bonds. The molecule has 2 aliphatic heterocycles. The minimum absolute atomic E-state index is 0.193. The van der Waals surface area contributed by atoms with Crippen molar-refractivity contribution in [1.82, 2.24) is 14.4 Å². The van der Waals surface area contributed by atoms with E-state index in [9.17, 15) is 4.79 Å². The third-order valence-corrected chi connectivity index (χ3v) is 9.43. The second-order valence-electron chi connectivity index (χ2n) is 12.1. The molecular weight excluding hydrogens is 458 g/mol. The number of ether oxygens (including phenoxy) is 1. The summed E-state index contributed by atoms with van der Waals surface area (Å²) in [5.74, 6) is 0.926. The van der Waals surface area contributed by atoms with Crippen LogP contribution < -0.4 is 0 Å². The Labute approximate surface area is 222 Å². The minimum Gasteiger partial charge on any atom is -0.371 e. The molecule has 1 unspecified atom stereocenters. The van der Waals surface area contributed by atoms with Gasteiger partial charge in [-0.15, -0.1) is 0 Å². The van der Waals surface area contributed by atoms with E-state index in [0.29, 0.717) is 0 Å². The Morgan fingerprint density at radius 2 is 1.95 bits per heavy atom. The lowest BCUT2D eigenvalue weighted by Gasteiger charge is -2.40. The molecule has 2 aliphatic carbocycles. The quantitative estimate of drug-likeness (QED) is 0.480. The van der Waals surface area contributed by atoms with Crippen LogP contribution in [0.25, 0.3) is 10.9 Å². The molecule has 1 atom stereocenters. The van der Waals surface area contributed by atoms with Gasteiger partial charge >= 0.3 is 0 Å². The number of nitrogens with zero attached hydrogens (tertiary/aromatic N) is 3. The van der Waals surface area contributed by atoms with Gasteiger partial charge in [-0.1, -0.05) is 31.6 Å². The lowest BCUT2D eigenvalue weighted by Crippen LogP contribution is -2.43. The van der Waals surface area contributed by atoms with E-state index in [2.05, 4.69) is 71.6 Å². The molecule has 1 saturated heterocycles. The van der Waals surface area contributed by atoms with Gasteiger partial charge in [0, 0.05) is 74.0 Å². The van der Waals surface area contributed by atoms with Gasteiger partial charge in [-0.05, 0) is 81.2 Å². The summed E-state index contributed by atoms with van der Waals surface area (Å²) in [7, 11) is 0. The third-order valence-electron chi connectivity index (χ3n) is 9.43. The van der Waals surface area contributed by atoms with Gasteiger partial charge < -0.3 is 14.2 Å². The van der Waals surface area contributed by atoms with Crippen molar-refractivity contribution in [3.8, 4) is 0 Å². The van der Waals surface area contributed by atoms with Gasteiger partial charge in [-0.2, -0.15) is 0 Å². The van der Waals surface area contributed by atoms with Crippen LogP contribution in [-0.2, 0) is 24.2 Å². The first kappa shape index (κ1) is 24.9. The lowest BCUT2D eigenvalue weighted by molar-refractivity contribution is 0.0150. The number of piperidine rings is 1. The van der Waals surface area contributed by atoms with Crippen molar-refractivity contribution in [2.75, 3.05) is 26.2 Å². The van der Waals surface area contributed by atoms with Gasteiger partial charge in [-0.25, -0.2) is 0 Å². The highest BCUT2D eigenvalue weighted by Crippen LogP contribution is 2.37. The molecule has 0 N–H and O–H groups in total. The summed E-state index contributed by atoms with van der Waals surface area (Å²) in [4.78, 5) is 18.2. The van der Waals surface area contributed by atoms with E-state index in [-0.39, 0.29) is 11.5 Å². The van der Waals surface area contributed by atoms with E-state index in [1.807, 2.05) is 0 Å². The smallest absolute Gasteiger partial charge is 0.253 e. The number of aromatic nitrogens is 1. The molecule has 3 heterocycles. The molecule has 1 saturated carbocycles. The predicted octanol–water partition coefficient (Wildman–Crippen LogP) is 6.11. The number of benzene rings is 1. The zero-order valence-corrected chi connectivity index (χ0v) is 23.0. The van der Waals surface area contributed by atoms with Gasteiger partial charge in [-0.3, -0.25) is 9.69 Å². The molecule has 2 aromatic rings. The summed E-state index contributed by atoms with van der Waals surface area (Å²) in [5, 5.41) is 1.29. The van der Waals surface area contributed by atoms with E-state index in [1.54, 1.807) is 0 Å². The van der Waals surface area contributed by atoms with E-state index < -0.39 is 0 Å². The molecule has 0 spiro atoms. The summed E-state index contributed by atoms with van der Waals surface area (Å²) in [6, 6.07) is 7.25. The van der Waals surface area contributed by atoms with Gasteiger partial charge in [0.25, 0.3) is 5.91 Å². The van der Waals surface area contributed by atoms with Crippen LogP contribution in [-0.4, -0.2) is 58.2 Å². The highest BCUT2D eigenvalue weighted by molar-refractivity contribution is 5.99. The van der Waals surface area contributed by atoms with Crippen LogP contribution in [0.1, 0.15) is 80.9 Å². The number of hydrogen-bond donors (Lipinski definition) is 0. The first-order valence-corrected chi connectivity index (χ1v) is 14.6. The maximum absolute atomic E-state index is 13.5. The zero-order valence-electron chi connectivity index (χ0n) is 23.0. The van der Waals surface area contributed by atoms with Crippen molar-refractivity contribution >= 4 is 16.8 Å². The Morgan fingerprint density at radius 1 is 1.14 bits per heavy atom. The van der Waals surface area contributed by atoms with Gasteiger partial charge in [0.15, 0.2) is 0 Å². The summed E-state index contributed by atoms with van der Waals surface area (Å²) in [6.07, 6.45) is 15.1. The number of allylic oxidation sites excluding steroid dienone is 2. The monoisotopic (exact) mass is 501 g/mol. The second kappa shape index (κ2) is 10.1. The molecule has 2 fully saturated rings. The average Bonchev–Trinajstić information content (AvgIpc) is 3.17. The van der Waals surface area contributed by atoms with Crippen molar-refractivity contribution < 1.29 is 9.53 Å². The standard InChI is InChI=1S/C32H43N3O2/c1-4-37-32(3)15-10-24(11-16-32)21-35-29-9-8-25(31(36)33-17-12-23(2)13-18-33)20-27(29)28-22-34(19-14-30(28)35)26-6-5-7-26/h8-11,15,20,23,26H,4-7,12-14,16-19,21-22H2,1-3H3. The molecule has 0 radical (unpaired) electrons. The van der Waals surface area contributed by atoms with Crippen molar-refractivity contribution in [3.63, 3.8) is 0 Å². The van der Waals surface area contributed by atoms with E-state index in [4.69, 9.17) is 4.74 Å². The number of likely N-dealkylation sites (tertiary alicyclic amines) is 1. The van der Waals surface area contributed by atoms with Crippen LogP contribution in [0.15, 0.2) is 42.0 Å². The summed E-state index contributed by atoms with van der Waals surface area (Å²) < 4.78 is 8.52. The van der Waals surface area contributed by atoms with Gasteiger partial charge in [0.1, 0.15) is 0 Å². The molecule has 37 heavy (non-hydrogen) atoms. The Balaban J connectivity index is 1.33. The Hall–Kier alpha value is -2.37. The summed E-state index contributed by atoms with van der Waals surface area (Å²) in [6.45, 7) is 12.1. The fourth-order valence-corrected chi connectivity index (χ4v) is 6.73. The van der Waals surface area contributed by atoms with Crippen LogP contribution in [0.3, 0.4) is 0 Å². The zero-order chi connectivity index (χ0) is 25.6. The number of amides is 1. The van der Waals surface area contributed by atoms with Crippen molar-refractivity contribution in [1.29, 1.82) is 0 Å². The number of carbonyl (C=O) groups excluding carboxylic acids is 1. The minimum atomic E-state index is -0.193. The third kappa shape index (κ3) is 4.81. The van der Waals surface area contributed by atoms with Crippen molar-refractivity contribution in [3.05, 3.63) is 58.8 Å². The molecule has 0 bridgehead atoms. The fourth-order valence-electron chi connectivity index (χ4n) is 6.73. The number of carbonyl (C=O) groups is 1. The highest BCUT2D eigenvalue weighted by Gasteiger charge is 2.32. The van der Waals surface area contributed by atoms with Crippen LogP contribution in [0, 0.1) is 5.92 Å². The maximum Gasteiger partial charge on any atom is 0.253 e. The molecule has 198 valence electrons. The lowest BCUT2D eigenvalue weighted by atomic mass is 9.89. The molecule has 5 nitrogen and oxygen atoms in total. The highest BCUT2D eigenvalue weighted by atomic mass is 16.5. The first-order valence-electron chi connectivity index (χ1n) is 14.6. The van der Waals surface area contributed by atoms with Crippen molar-refractivity contribution in [2.45, 2.75) is 90.4 Å². The van der Waals surface area contributed by atoms with Crippen molar-refractivity contribution in [2.24, 2.45) is 5.92 Å². The Kier molecular flexibility index (Phi) is 6.79. The molecule has 6 rings (SSSR count). The van der Waals surface area contributed by atoms with Gasteiger partial charge in [0.2, 0.25) is 0 Å². The topological polar surface area (TPSA) is 37.7 Å². The molecule has 4 aliphatic rings. The van der Waals surface area contributed by atoms with Crippen LogP contribution in [0.2, 0.25) is 0 Å². The molecular formula is C32H43N3O2. The largest absolute Gasteiger partial charge is 0.371 e. The SMILES string of the molecule is CCOC1(C)C=CC(Cn2c3c(c4cc(C(=O)N5CCC(C)CC5)ccc42)CN(C2CCC2)CC3)=CC1. The maximum atomic E-state index is 13.5. The summed E-state index contributed by atoms with van der Waals surface area (Å²) in [5.41, 5.74) is 6.20. The number of rotatable bonds is 6. The Bertz CT molecular complexity index is 1230. The van der Waals surface area contributed by atoms with Crippen LogP contribution in [0.4, 0.5) is 0 Å². The van der Waals surface area contributed by atoms with E-state index in [1.165, 1.54) is 47.0 Å². The molecule has 5 heteroatoms. The molecule has 1 aromatic carbocycles. The molecule has 1 aromatic heterocycles. The van der Waals surface area contributed by atoms with Gasteiger partial charge in [0.05, 0.1) is 5.60 Å². The normalized spacial score (nSPS) is 25.3. The fraction of sp³-hybridized carbons (Fsp3) is 0.594. The van der Waals surface area contributed by atoms with E-state index in [0.717, 1.165) is 82.5 Å². The second-order valence-corrected chi connectivity index (χ2v) is 12.1. The summed E-state index contributed by atoms with van der Waals surface area (Å²) >= 11 is 0. The average molecular weight is 502 g/mol. The van der Waals surface area contributed by atoms with E-state index >= 15 is 0 Å². The number of fused-ring (bicyclic) bond motifs is 3. The van der Waals surface area contributed by atoms with Crippen LogP contribution >= 0.6 is 0 Å².